The highest BCUT2D eigenvalue weighted by atomic mass is 79.9. The van der Waals surface area contributed by atoms with Crippen molar-refractivity contribution < 1.29 is 29.4 Å². The van der Waals surface area contributed by atoms with Gasteiger partial charge in [-0.2, -0.15) is 0 Å². The minimum Gasteiger partial charge on any atom is -0.478 e. The maximum Gasteiger partial charge on any atom is 0.336 e. The molecule has 5 rings (SSSR count). The zero-order chi connectivity index (χ0) is 30.7. The summed E-state index contributed by atoms with van der Waals surface area (Å²) in [6, 6.07) is 11.1. The fraction of sp³-hybridized carbons (Fsp3) is 0.312. The number of unbranched alkanes of at least 4 members (excludes halogenated alkanes) is 1. The number of hydrogen-bond acceptors (Lipinski definition) is 4. The van der Waals surface area contributed by atoms with Gasteiger partial charge in [-0.3, -0.25) is 9.59 Å². The third-order valence-corrected chi connectivity index (χ3v) is 10.6. The van der Waals surface area contributed by atoms with Gasteiger partial charge in [-0.1, -0.05) is 95.7 Å². The Hall–Kier alpha value is -3.50. The normalized spacial score (nSPS) is 19.0. The number of carbonyl (C=O) groups excluding carboxylic acids is 2. The van der Waals surface area contributed by atoms with Crippen molar-refractivity contribution in [3.8, 4) is 0 Å². The highest BCUT2D eigenvalue weighted by Crippen LogP contribution is 2.53. The largest absolute Gasteiger partial charge is 0.478 e. The van der Waals surface area contributed by atoms with Crippen LogP contribution in [0.1, 0.15) is 61.0 Å². The lowest BCUT2D eigenvalue weighted by atomic mass is 9.69. The molecule has 3 atom stereocenters. The van der Waals surface area contributed by atoms with Crippen LogP contribution in [0.5, 0.6) is 0 Å². The van der Waals surface area contributed by atoms with Crippen molar-refractivity contribution in [2.24, 2.45) is 23.3 Å². The molecule has 6 N–H and O–H groups in total. The number of hydrogen-bond donors (Lipinski definition) is 4. The van der Waals surface area contributed by atoms with Crippen molar-refractivity contribution in [2.45, 2.75) is 50.3 Å². The molecule has 3 unspecified atom stereocenters. The van der Waals surface area contributed by atoms with Crippen LogP contribution < -0.4 is 16.7 Å². The number of fused-ring (bicyclic) bond motifs is 2. The van der Waals surface area contributed by atoms with Crippen LogP contribution in [-0.2, 0) is 25.1 Å². The molecule has 1 aliphatic carbocycles. The average molecular weight is 698 g/mol. The summed E-state index contributed by atoms with van der Waals surface area (Å²) in [5.74, 6) is -6.66. The third-order valence-electron chi connectivity index (χ3n) is 8.65. The molecule has 0 heterocycles. The van der Waals surface area contributed by atoms with E-state index < -0.39 is 39.6 Å². The van der Waals surface area contributed by atoms with Crippen molar-refractivity contribution in [3.63, 3.8) is 0 Å². The summed E-state index contributed by atoms with van der Waals surface area (Å²) in [6.45, 7) is 4.14. The molecule has 4 aromatic rings. The quantitative estimate of drug-likeness (QED) is 0.0971. The maximum absolute atomic E-state index is 13.4. The lowest BCUT2D eigenvalue weighted by Crippen LogP contribution is -2.53. The standard InChI is InChI=1S/C32H30Br2N2O6/c1-3-5-7-14(4-2)12-16-13-18-22-19(33)11-10-15-8-6-9-17(20(15)22)26-23(18)24(21(16)29(38)39)25(30(40)41)27(28(35)37)32(26,34)31(36)42/h6,8-11,13-14,27H,3-5,7,12H2,1-2H3,(H2,35,37)(H2,36,42)(H,38,39)(H,40,41). The monoisotopic (exact) mass is 696 g/mol. The Morgan fingerprint density at radius 1 is 0.976 bits per heavy atom. The Kier molecular flexibility index (Phi) is 7.83. The third kappa shape index (κ3) is 4.29. The second-order valence-corrected chi connectivity index (χ2v) is 13.1. The first-order chi connectivity index (χ1) is 19.9. The molecule has 0 bridgehead atoms. The molecule has 10 heteroatoms. The predicted octanol–water partition coefficient (Wildman–Crippen LogP) is 5.51. The minimum atomic E-state index is -2.06. The smallest absolute Gasteiger partial charge is 0.336 e. The predicted molar refractivity (Wildman–Crippen MR) is 169 cm³/mol. The van der Waals surface area contributed by atoms with Gasteiger partial charge in [0, 0.05) is 15.1 Å². The Balaban J connectivity index is 2.18. The zero-order valence-corrected chi connectivity index (χ0v) is 26.3. The van der Waals surface area contributed by atoms with Gasteiger partial charge in [0.15, 0.2) is 0 Å². The molecular formula is C32H30Br2N2O6. The minimum absolute atomic E-state index is 0.110. The highest BCUT2D eigenvalue weighted by Gasteiger charge is 2.55. The molecule has 8 nitrogen and oxygen atoms in total. The molecule has 0 aromatic heterocycles. The van der Waals surface area contributed by atoms with E-state index in [1.54, 1.807) is 12.1 Å². The molecule has 0 saturated heterocycles. The Bertz CT molecular complexity index is 1900. The zero-order valence-electron chi connectivity index (χ0n) is 23.1. The molecule has 0 spiro atoms. The van der Waals surface area contributed by atoms with Crippen LogP contribution in [0.4, 0.5) is 0 Å². The Morgan fingerprint density at radius 2 is 1.69 bits per heavy atom. The van der Waals surface area contributed by atoms with E-state index in [1.807, 2.05) is 31.2 Å². The van der Waals surface area contributed by atoms with Gasteiger partial charge in [0.25, 0.3) is 0 Å². The van der Waals surface area contributed by atoms with Gasteiger partial charge in [-0.15, -0.1) is 0 Å². The van der Waals surface area contributed by atoms with Crippen LogP contribution in [0, 0.1) is 11.8 Å². The number of primary amides is 2. The lowest BCUT2D eigenvalue weighted by Gasteiger charge is -2.38. The van der Waals surface area contributed by atoms with Crippen molar-refractivity contribution in [2.75, 3.05) is 0 Å². The lowest BCUT2D eigenvalue weighted by molar-refractivity contribution is -0.133. The Morgan fingerprint density at radius 3 is 2.26 bits per heavy atom. The van der Waals surface area contributed by atoms with E-state index in [0.29, 0.717) is 27.2 Å². The number of halogens is 2. The number of amides is 2. The van der Waals surface area contributed by atoms with Crippen molar-refractivity contribution >= 4 is 93.5 Å². The van der Waals surface area contributed by atoms with E-state index in [0.717, 1.165) is 41.8 Å². The topological polar surface area (TPSA) is 161 Å². The molecule has 2 amide bonds. The molecule has 0 aliphatic heterocycles. The number of carbonyl (C=O) groups is 4. The number of alkyl halides is 1. The van der Waals surface area contributed by atoms with Crippen molar-refractivity contribution in [1.29, 1.82) is 0 Å². The number of carboxylic acids is 2. The molecule has 218 valence electrons. The van der Waals surface area contributed by atoms with E-state index in [2.05, 4.69) is 38.8 Å². The molecule has 0 radical (unpaired) electrons. The summed E-state index contributed by atoms with van der Waals surface area (Å²) in [6.07, 6.45) is 4.03. The fourth-order valence-corrected chi connectivity index (χ4v) is 8.19. The van der Waals surface area contributed by atoms with Crippen molar-refractivity contribution in [1.82, 2.24) is 0 Å². The first-order valence-electron chi connectivity index (χ1n) is 13.8. The van der Waals surface area contributed by atoms with Crippen LogP contribution in [0.25, 0.3) is 37.9 Å². The summed E-state index contributed by atoms with van der Waals surface area (Å²) in [4.78, 5) is 52.7. The average Bonchev–Trinajstić information content (AvgIpc) is 2.93. The number of nitrogens with two attached hydrogens (primary N) is 2. The van der Waals surface area contributed by atoms with Crippen LogP contribution in [-0.4, -0.2) is 34.0 Å². The number of carboxylic acid groups (broad SMARTS) is 2. The van der Waals surface area contributed by atoms with Crippen LogP contribution in [0.2, 0.25) is 0 Å². The number of aliphatic carboxylic acids is 1. The number of rotatable bonds is 10. The first kappa shape index (κ1) is 30.0. The first-order valence-corrected chi connectivity index (χ1v) is 15.4. The van der Waals surface area contributed by atoms with Crippen LogP contribution >= 0.6 is 31.9 Å². The fourth-order valence-electron chi connectivity index (χ4n) is 6.78. The van der Waals surface area contributed by atoms with Crippen LogP contribution in [0.15, 0.2) is 40.9 Å². The summed E-state index contributed by atoms with van der Waals surface area (Å²) in [7, 11) is 0. The maximum atomic E-state index is 13.4. The number of aromatic carboxylic acids is 1. The van der Waals surface area contributed by atoms with Gasteiger partial charge in [0.2, 0.25) is 11.8 Å². The molecule has 0 fully saturated rings. The summed E-state index contributed by atoms with van der Waals surface area (Å²) < 4.78 is -1.35. The highest BCUT2D eigenvalue weighted by molar-refractivity contribution is 9.10. The molecule has 1 aliphatic rings. The summed E-state index contributed by atoms with van der Waals surface area (Å²) >= 11 is 7.12. The SMILES string of the molecule is CCCCC(CC)Cc1cc2c3c(c4cccc5ccc(Br)c2c54)C(Br)(C(N)=O)C(C(N)=O)C(C(=O)O)=c3c1C(=O)O. The van der Waals surface area contributed by atoms with E-state index >= 15 is 0 Å². The van der Waals surface area contributed by atoms with Gasteiger partial charge in [0.1, 0.15) is 4.32 Å². The second kappa shape index (κ2) is 11.0. The molecule has 0 saturated carbocycles. The molecule has 42 heavy (non-hydrogen) atoms. The van der Waals surface area contributed by atoms with E-state index in [-0.39, 0.29) is 27.6 Å². The molecule has 4 aromatic carbocycles. The van der Waals surface area contributed by atoms with Gasteiger partial charge in [-0.25, -0.2) is 9.59 Å². The van der Waals surface area contributed by atoms with Gasteiger partial charge in [-0.05, 0) is 62.5 Å². The molecular weight excluding hydrogens is 668 g/mol. The van der Waals surface area contributed by atoms with Crippen molar-refractivity contribution in [3.05, 3.63) is 62.8 Å². The summed E-state index contributed by atoms with van der Waals surface area (Å²) in [5.41, 5.74) is 11.8. The Labute approximate surface area is 258 Å². The van der Waals surface area contributed by atoms with Gasteiger partial charge >= 0.3 is 11.9 Å². The van der Waals surface area contributed by atoms with Crippen LogP contribution in [0.3, 0.4) is 0 Å². The van der Waals surface area contributed by atoms with Gasteiger partial charge < -0.3 is 21.7 Å². The van der Waals surface area contributed by atoms with E-state index in [1.165, 1.54) is 0 Å². The van der Waals surface area contributed by atoms with E-state index in [9.17, 15) is 29.4 Å². The van der Waals surface area contributed by atoms with E-state index in [4.69, 9.17) is 11.5 Å². The summed E-state index contributed by atoms with van der Waals surface area (Å²) in [5, 5.41) is 24.8. The second-order valence-electron chi connectivity index (χ2n) is 11.0. The number of benzene rings is 4. The van der Waals surface area contributed by atoms with Gasteiger partial charge in [0.05, 0.1) is 17.1 Å².